The van der Waals surface area contributed by atoms with Gasteiger partial charge in [-0.1, -0.05) is 25.1 Å². The molecule has 0 unspecified atom stereocenters. The molecule has 150 valence electrons. The van der Waals surface area contributed by atoms with Gasteiger partial charge in [0.1, 0.15) is 11.2 Å². The number of para-hydroxylation sites is 1. The molecule has 2 N–H and O–H groups in total. The van der Waals surface area contributed by atoms with Crippen LogP contribution in [0, 0.1) is 12.3 Å². The van der Waals surface area contributed by atoms with Gasteiger partial charge in [-0.25, -0.2) is 0 Å². The number of nitrogens with one attached hydrogen (secondary N) is 2. The zero-order chi connectivity index (χ0) is 20.9. The monoisotopic (exact) mass is 382 g/mol. The van der Waals surface area contributed by atoms with Gasteiger partial charge in [-0.3, -0.25) is 9.59 Å². The average molecular weight is 383 g/mol. The standard InChI is InChI=1S/C23H30N2O3/c1-7-17-10-8-9-16(4)20(17)25-22(27)23(5,6)21(26)24-18-11-13-19(14-12-18)28-15(2)3/h8-15H,7H2,1-6H3,(H,24,26)(H,25,27). The maximum absolute atomic E-state index is 12.9. The van der Waals surface area contributed by atoms with E-state index in [1.807, 2.05) is 45.9 Å². The van der Waals surface area contributed by atoms with Crippen LogP contribution in [0.2, 0.25) is 0 Å². The molecule has 5 heteroatoms. The van der Waals surface area contributed by atoms with Crippen LogP contribution in [-0.2, 0) is 16.0 Å². The first-order valence-corrected chi connectivity index (χ1v) is 9.63. The van der Waals surface area contributed by atoms with Crippen LogP contribution in [-0.4, -0.2) is 17.9 Å². The number of ether oxygens (including phenoxy) is 1. The van der Waals surface area contributed by atoms with Gasteiger partial charge in [-0.05, 0) is 76.4 Å². The summed E-state index contributed by atoms with van der Waals surface area (Å²) in [5.41, 5.74) is 2.19. The van der Waals surface area contributed by atoms with Crippen molar-refractivity contribution in [3.8, 4) is 5.75 Å². The lowest BCUT2D eigenvalue weighted by Crippen LogP contribution is -2.41. The number of carbonyl (C=O) groups is 2. The summed E-state index contributed by atoms with van der Waals surface area (Å²) in [6.07, 6.45) is 0.881. The van der Waals surface area contributed by atoms with Gasteiger partial charge in [0.15, 0.2) is 0 Å². The van der Waals surface area contributed by atoms with Gasteiger partial charge in [-0.15, -0.1) is 0 Å². The minimum absolute atomic E-state index is 0.0810. The van der Waals surface area contributed by atoms with Crippen molar-refractivity contribution in [3.05, 3.63) is 53.6 Å². The molecule has 0 aliphatic carbocycles. The second kappa shape index (κ2) is 8.91. The molecule has 0 aliphatic heterocycles. The summed E-state index contributed by atoms with van der Waals surface area (Å²) in [7, 11) is 0. The van der Waals surface area contributed by atoms with Crippen molar-refractivity contribution in [2.45, 2.75) is 54.1 Å². The summed E-state index contributed by atoms with van der Waals surface area (Å²) in [5, 5.41) is 5.76. The van der Waals surface area contributed by atoms with E-state index in [0.717, 1.165) is 29.0 Å². The number of amides is 2. The molecule has 0 atom stereocenters. The van der Waals surface area contributed by atoms with Crippen LogP contribution in [0.5, 0.6) is 5.75 Å². The lowest BCUT2D eigenvalue weighted by molar-refractivity contribution is -0.135. The minimum Gasteiger partial charge on any atom is -0.491 e. The second-order valence-corrected chi connectivity index (χ2v) is 7.69. The first-order chi connectivity index (χ1) is 13.1. The Morgan fingerprint density at radius 3 is 2.18 bits per heavy atom. The van der Waals surface area contributed by atoms with Crippen LogP contribution in [0.4, 0.5) is 11.4 Å². The van der Waals surface area contributed by atoms with Gasteiger partial charge in [0.25, 0.3) is 0 Å². The van der Waals surface area contributed by atoms with Crippen molar-refractivity contribution < 1.29 is 14.3 Å². The molecule has 0 heterocycles. The topological polar surface area (TPSA) is 67.4 Å². The fraction of sp³-hybridized carbons (Fsp3) is 0.391. The van der Waals surface area contributed by atoms with Crippen molar-refractivity contribution in [2.24, 2.45) is 5.41 Å². The highest BCUT2D eigenvalue weighted by atomic mass is 16.5. The highest BCUT2D eigenvalue weighted by Crippen LogP contribution is 2.26. The Kier molecular flexibility index (Phi) is 6.84. The van der Waals surface area contributed by atoms with Crippen LogP contribution >= 0.6 is 0 Å². The largest absolute Gasteiger partial charge is 0.491 e. The molecule has 0 spiro atoms. The van der Waals surface area contributed by atoms with Gasteiger partial charge in [0, 0.05) is 11.4 Å². The lowest BCUT2D eigenvalue weighted by atomic mass is 9.90. The maximum Gasteiger partial charge on any atom is 0.239 e. The number of benzene rings is 2. The maximum atomic E-state index is 12.9. The molecule has 28 heavy (non-hydrogen) atoms. The van der Waals surface area contributed by atoms with Crippen LogP contribution in [0.1, 0.15) is 45.7 Å². The van der Waals surface area contributed by atoms with E-state index in [4.69, 9.17) is 4.74 Å². The molecule has 0 fully saturated rings. The summed E-state index contributed by atoms with van der Waals surface area (Å²) >= 11 is 0. The highest BCUT2D eigenvalue weighted by molar-refractivity contribution is 6.14. The molecule has 2 rings (SSSR count). The van der Waals surface area contributed by atoms with Crippen molar-refractivity contribution >= 4 is 23.2 Å². The van der Waals surface area contributed by atoms with E-state index in [0.29, 0.717) is 5.69 Å². The van der Waals surface area contributed by atoms with E-state index in [2.05, 4.69) is 10.6 Å². The Labute approximate surface area is 167 Å². The van der Waals surface area contributed by atoms with E-state index < -0.39 is 5.41 Å². The molecular weight excluding hydrogens is 352 g/mol. The first-order valence-electron chi connectivity index (χ1n) is 9.63. The van der Waals surface area contributed by atoms with Crippen LogP contribution in [0.15, 0.2) is 42.5 Å². The number of hydrogen-bond donors (Lipinski definition) is 2. The first kappa shape index (κ1) is 21.5. The normalized spacial score (nSPS) is 11.2. The number of anilines is 2. The summed E-state index contributed by atoms with van der Waals surface area (Å²) in [6.45, 7) is 11.1. The predicted octanol–water partition coefficient (Wildman–Crippen LogP) is 4.95. The molecule has 0 saturated heterocycles. The van der Waals surface area contributed by atoms with Gasteiger partial charge in [0.2, 0.25) is 11.8 Å². The van der Waals surface area contributed by atoms with Gasteiger partial charge >= 0.3 is 0 Å². The molecule has 0 radical (unpaired) electrons. The lowest BCUT2D eigenvalue weighted by Gasteiger charge is -2.24. The third-order valence-corrected chi connectivity index (χ3v) is 4.60. The van der Waals surface area contributed by atoms with Crippen molar-refractivity contribution in [1.29, 1.82) is 0 Å². The summed E-state index contributed by atoms with van der Waals surface area (Å²) < 4.78 is 5.60. The fourth-order valence-corrected chi connectivity index (χ4v) is 2.75. The van der Waals surface area contributed by atoms with Crippen molar-refractivity contribution in [2.75, 3.05) is 10.6 Å². The zero-order valence-electron chi connectivity index (χ0n) is 17.6. The Bertz CT molecular complexity index is 839. The van der Waals surface area contributed by atoms with Crippen LogP contribution < -0.4 is 15.4 Å². The van der Waals surface area contributed by atoms with Gasteiger partial charge < -0.3 is 15.4 Å². The average Bonchev–Trinajstić information content (AvgIpc) is 2.64. The molecule has 0 saturated carbocycles. The van der Waals surface area contributed by atoms with Gasteiger partial charge in [-0.2, -0.15) is 0 Å². The van der Waals surface area contributed by atoms with Crippen LogP contribution in [0.25, 0.3) is 0 Å². The molecule has 2 aromatic rings. The fourth-order valence-electron chi connectivity index (χ4n) is 2.75. The predicted molar refractivity (Wildman–Crippen MR) is 114 cm³/mol. The van der Waals surface area contributed by atoms with Crippen molar-refractivity contribution in [1.82, 2.24) is 0 Å². The Hall–Kier alpha value is -2.82. The quantitative estimate of drug-likeness (QED) is 0.666. The smallest absolute Gasteiger partial charge is 0.239 e. The number of rotatable bonds is 7. The van der Waals surface area contributed by atoms with E-state index in [1.165, 1.54) is 0 Å². The Morgan fingerprint density at radius 2 is 1.61 bits per heavy atom. The van der Waals surface area contributed by atoms with Crippen LogP contribution in [0.3, 0.4) is 0 Å². The van der Waals surface area contributed by atoms with Crippen molar-refractivity contribution in [3.63, 3.8) is 0 Å². The molecule has 0 bridgehead atoms. The van der Waals surface area contributed by atoms with E-state index >= 15 is 0 Å². The summed E-state index contributed by atoms with van der Waals surface area (Å²) in [4.78, 5) is 25.6. The molecular formula is C23H30N2O3. The molecule has 2 amide bonds. The van der Waals surface area contributed by atoms with E-state index in [1.54, 1.807) is 38.1 Å². The Morgan fingerprint density at radius 1 is 1.00 bits per heavy atom. The molecule has 0 aromatic heterocycles. The SMILES string of the molecule is CCc1cccc(C)c1NC(=O)C(C)(C)C(=O)Nc1ccc(OC(C)C)cc1. The number of aryl methyl sites for hydroxylation is 2. The third kappa shape index (κ3) is 5.12. The third-order valence-electron chi connectivity index (χ3n) is 4.60. The Balaban J connectivity index is 2.10. The molecule has 0 aliphatic rings. The number of carbonyl (C=O) groups excluding carboxylic acids is 2. The summed E-state index contributed by atoms with van der Waals surface area (Å²) in [5.74, 6) is 0.0274. The van der Waals surface area contributed by atoms with E-state index in [-0.39, 0.29) is 17.9 Å². The molecule has 2 aromatic carbocycles. The van der Waals surface area contributed by atoms with Gasteiger partial charge in [0.05, 0.1) is 6.10 Å². The zero-order valence-corrected chi connectivity index (χ0v) is 17.6. The van der Waals surface area contributed by atoms with E-state index in [9.17, 15) is 9.59 Å². The minimum atomic E-state index is -1.24. The summed E-state index contributed by atoms with van der Waals surface area (Å²) in [6, 6.07) is 13.0. The molecule has 5 nitrogen and oxygen atoms in total. The highest BCUT2D eigenvalue weighted by Gasteiger charge is 2.36. The second-order valence-electron chi connectivity index (χ2n) is 7.69. The number of hydrogen-bond acceptors (Lipinski definition) is 3.